The van der Waals surface area contributed by atoms with Gasteiger partial charge in [-0.05, 0) is 97.7 Å². The van der Waals surface area contributed by atoms with Gasteiger partial charge in [0.2, 0.25) is 0 Å². The molecule has 4 nitrogen and oxygen atoms in total. The normalized spacial score (nSPS) is 42.7. The van der Waals surface area contributed by atoms with Crippen LogP contribution in [0.1, 0.15) is 105 Å². The van der Waals surface area contributed by atoms with Gasteiger partial charge in [-0.3, -0.25) is 4.55 Å². The summed E-state index contributed by atoms with van der Waals surface area (Å²) < 4.78 is 36.6. The fourth-order valence-electron chi connectivity index (χ4n) is 8.91. The Morgan fingerprint density at radius 2 is 1.81 bits per heavy atom. The Morgan fingerprint density at radius 3 is 2.50 bits per heavy atom. The molecule has 0 aromatic heterocycles. The van der Waals surface area contributed by atoms with Crippen molar-refractivity contribution in [1.29, 1.82) is 0 Å². The molecule has 184 valence electrons. The maximum Gasteiger partial charge on any atom is 0.397 e. The number of fused-ring (bicyclic) bond motifs is 5. The zero-order valence-electron chi connectivity index (χ0n) is 21.0. The summed E-state index contributed by atoms with van der Waals surface area (Å²) in [6, 6.07) is 0. The predicted octanol–water partition coefficient (Wildman–Crippen LogP) is 7.22. The van der Waals surface area contributed by atoms with E-state index in [0.29, 0.717) is 24.2 Å². The van der Waals surface area contributed by atoms with Crippen molar-refractivity contribution < 1.29 is 17.2 Å². The van der Waals surface area contributed by atoms with Crippen LogP contribution in [0.4, 0.5) is 0 Å². The first-order valence-electron chi connectivity index (χ1n) is 13.3. The summed E-state index contributed by atoms with van der Waals surface area (Å²) in [4.78, 5) is 0. The molecule has 3 fully saturated rings. The van der Waals surface area contributed by atoms with Crippen LogP contribution in [0.25, 0.3) is 0 Å². The quantitative estimate of drug-likeness (QED) is 0.318. The van der Waals surface area contributed by atoms with Crippen LogP contribution in [0.3, 0.4) is 0 Å². The van der Waals surface area contributed by atoms with Crippen LogP contribution in [0.15, 0.2) is 11.6 Å². The molecule has 0 spiro atoms. The first-order chi connectivity index (χ1) is 14.9. The Morgan fingerprint density at radius 1 is 1.06 bits per heavy atom. The second-order valence-electron chi connectivity index (χ2n) is 12.7. The van der Waals surface area contributed by atoms with Gasteiger partial charge >= 0.3 is 10.4 Å². The molecule has 0 saturated heterocycles. The standard InChI is InChI=1S/C27H46O4S/c1-18(2)7-6-8-19(3)23-11-12-24-22-10-9-20-17-21(31-32(28,29)30)13-15-26(20,4)25(22)14-16-27(23,24)5/h9,18-19,21-25H,6-8,10-17H2,1-5H3,(H,28,29,30)/t19-,21-,22-,23-,24-,25-,26+,27-/m1/s1. The molecule has 0 unspecified atom stereocenters. The lowest BCUT2D eigenvalue weighted by molar-refractivity contribution is -0.0560. The van der Waals surface area contributed by atoms with E-state index in [4.69, 9.17) is 8.74 Å². The van der Waals surface area contributed by atoms with Crippen molar-refractivity contribution >= 4 is 10.4 Å². The van der Waals surface area contributed by atoms with Crippen LogP contribution in [0, 0.1) is 46.3 Å². The number of allylic oxidation sites excluding steroid dienone is 1. The molecule has 3 saturated carbocycles. The molecule has 0 aromatic carbocycles. The molecule has 0 amide bonds. The maximum absolute atomic E-state index is 11.2. The van der Waals surface area contributed by atoms with E-state index in [1.807, 2.05) is 0 Å². The molecule has 4 aliphatic rings. The maximum atomic E-state index is 11.2. The molecule has 4 rings (SSSR count). The summed E-state index contributed by atoms with van der Waals surface area (Å²) in [5, 5.41) is 0. The van der Waals surface area contributed by atoms with Crippen LogP contribution >= 0.6 is 0 Å². The van der Waals surface area contributed by atoms with Crippen LogP contribution in [-0.2, 0) is 14.6 Å². The van der Waals surface area contributed by atoms with E-state index in [-0.39, 0.29) is 5.41 Å². The zero-order valence-corrected chi connectivity index (χ0v) is 21.8. The molecule has 0 aromatic rings. The Hall–Kier alpha value is -0.390. The Balaban J connectivity index is 1.47. The summed E-state index contributed by atoms with van der Waals surface area (Å²) in [6.45, 7) is 12.3. The number of hydrogen-bond acceptors (Lipinski definition) is 3. The molecule has 32 heavy (non-hydrogen) atoms. The highest BCUT2D eigenvalue weighted by molar-refractivity contribution is 7.80. The van der Waals surface area contributed by atoms with E-state index in [2.05, 4.69) is 40.7 Å². The monoisotopic (exact) mass is 466 g/mol. The van der Waals surface area contributed by atoms with E-state index in [9.17, 15) is 8.42 Å². The highest BCUT2D eigenvalue weighted by atomic mass is 32.3. The highest BCUT2D eigenvalue weighted by Crippen LogP contribution is 2.67. The number of rotatable bonds is 7. The minimum atomic E-state index is -4.38. The Labute approximate surface area is 196 Å². The van der Waals surface area contributed by atoms with E-state index in [0.717, 1.165) is 42.4 Å². The molecular weight excluding hydrogens is 420 g/mol. The molecule has 0 heterocycles. The second kappa shape index (κ2) is 9.00. The molecule has 5 heteroatoms. The van der Waals surface area contributed by atoms with E-state index >= 15 is 0 Å². The third kappa shape index (κ3) is 4.60. The van der Waals surface area contributed by atoms with E-state index < -0.39 is 16.5 Å². The van der Waals surface area contributed by atoms with Gasteiger partial charge in [-0.2, -0.15) is 8.42 Å². The second-order valence-corrected chi connectivity index (χ2v) is 13.7. The molecule has 0 radical (unpaired) electrons. The van der Waals surface area contributed by atoms with E-state index in [1.54, 1.807) is 0 Å². The molecular formula is C27H46O4S. The fraction of sp³-hybridized carbons (Fsp3) is 0.926. The van der Waals surface area contributed by atoms with Crippen molar-refractivity contribution in [3.05, 3.63) is 11.6 Å². The summed E-state index contributed by atoms with van der Waals surface area (Å²) >= 11 is 0. The van der Waals surface area contributed by atoms with E-state index in [1.165, 1.54) is 50.5 Å². The lowest BCUT2D eigenvalue weighted by Gasteiger charge is -2.58. The number of hydrogen-bond donors (Lipinski definition) is 1. The Kier molecular flexibility index (Phi) is 6.95. The van der Waals surface area contributed by atoms with Crippen LogP contribution in [0.5, 0.6) is 0 Å². The molecule has 8 atom stereocenters. The van der Waals surface area contributed by atoms with Crippen LogP contribution in [0.2, 0.25) is 0 Å². The smallest absolute Gasteiger partial charge is 0.264 e. The first-order valence-corrected chi connectivity index (χ1v) is 14.7. The van der Waals surface area contributed by atoms with Gasteiger partial charge in [0.1, 0.15) is 0 Å². The van der Waals surface area contributed by atoms with Crippen molar-refractivity contribution in [3.8, 4) is 0 Å². The predicted molar refractivity (Wildman–Crippen MR) is 129 cm³/mol. The first kappa shape index (κ1) is 24.7. The van der Waals surface area contributed by atoms with Crippen molar-refractivity contribution in [2.75, 3.05) is 0 Å². The lowest BCUT2D eigenvalue weighted by Crippen LogP contribution is -2.51. The Bertz CT molecular complexity index is 818. The van der Waals surface area contributed by atoms with Gasteiger partial charge < -0.3 is 0 Å². The van der Waals surface area contributed by atoms with Gasteiger partial charge in [0.25, 0.3) is 0 Å². The summed E-state index contributed by atoms with van der Waals surface area (Å²) in [5.74, 6) is 4.83. The van der Waals surface area contributed by atoms with Gasteiger partial charge in [-0.1, -0.05) is 65.5 Å². The average Bonchev–Trinajstić information content (AvgIpc) is 3.04. The highest BCUT2D eigenvalue weighted by Gasteiger charge is 2.59. The SMILES string of the molecule is CC(C)CCC[C@@H](C)[C@H]1CC[C@@H]2[C@H]3CC=C4C[C@H](OS(=O)(=O)O)CC[C@]4(C)[C@@H]3CC[C@@]21C. The molecule has 0 bridgehead atoms. The minimum Gasteiger partial charge on any atom is -0.264 e. The topological polar surface area (TPSA) is 63.6 Å². The van der Waals surface area contributed by atoms with Crippen molar-refractivity contribution in [1.82, 2.24) is 0 Å². The van der Waals surface area contributed by atoms with Gasteiger partial charge in [-0.15, -0.1) is 0 Å². The molecule has 1 N–H and O–H groups in total. The molecule has 4 aliphatic carbocycles. The minimum absolute atomic E-state index is 0.171. The lowest BCUT2D eigenvalue weighted by atomic mass is 9.47. The van der Waals surface area contributed by atoms with Gasteiger partial charge in [0.05, 0.1) is 6.10 Å². The van der Waals surface area contributed by atoms with Crippen molar-refractivity contribution in [2.24, 2.45) is 46.3 Å². The van der Waals surface area contributed by atoms with Gasteiger partial charge in [-0.25, -0.2) is 4.18 Å². The summed E-state index contributed by atoms with van der Waals surface area (Å²) in [5.41, 5.74) is 2.05. The summed E-state index contributed by atoms with van der Waals surface area (Å²) in [7, 11) is -4.38. The molecule has 0 aliphatic heterocycles. The largest absolute Gasteiger partial charge is 0.397 e. The van der Waals surface area contributed by atoms with Crippen molar-refractivity contribution in [2.45, 2.75) is 111 Å². The summed E-state index contributed by atoms with van der Waals surface area (Å²) in [6.07, 6.45) is 15.1. The van der Waals surface area contributed by atoms with Gasteiger partial charge in [0.15, 0.2) is 0 Å². The van der Waals surface area contributed by atoms with Crippen molar-refractivity contribution in [3.63, 3.8) is 0 Å². The van der Waals surface area contributed by atoms with Gasteiger partial charge in [0, 0.05) is 0 Å². The van der Waals surface area contributed by atoms with Crippen LogP contribution < -0.4 is 0 Å². The fourth-order valence-corrected chi connectivity index (χ4v) is 9.41. The zero-order chi connectivity index (χ0) is 23.3. The average molecular weight is 467 g/mol. The third-order valence-electron chi connectivity index (χ3n) is 10.5. The third-order valence-corrected chi connectivity index (χ3v) is 11.0. The van der Waals surface area contributed by atoms with Crippen LogP contribution in [-0.4, -0.2) is 19.1 Å².